The highest BCUT2D eigenvalue weighted by molar-refractivity contribution is 8.18. The summed E-state index contributed by atoms with van der Waals surface area (Å²) in [6, 6.07) is 14.4. The van der Waals surface area contributed by atoms with Crippen LogP contribution < -0.4 is 10.9 Å². The standard InChI is InChI=1S/C19H15N7O3S/c27-16(28)10-12-3-7-14(8-4-12)21-24-19-20-18(29)15(30-19)9-11-1-5-13(6-2-11)17-22-25-26-23-17/h1-9,21H,10H2,(H,27,28)(H,20,24,29)(H,22,23,25,26). The molecule has 11 heteroatoms. The first-order valence-corrected chi connectivity index (χ1v) is 9.58. The molecule has 0 saturated carbocycles. The van der Waals surface area contributed by atoms with E-state index in [1.807, 2.05) is 24.3 Å². The maximum Gasteiger partial charge on any atom is 0.307 e. The summed E-state index contributed by atoms with van der Waals surface area (Å²) in [4.78, 5) is 27.4. The molecule has 0 saturated heterocycles. The number of carbonyl (C=O) groups excluding carboxylic acids is 1. The first kappa shape index (κ1) is 19.3. The zero-order valence-corrected chi connectivity index (χ0v) is 16.2. The van der Waals surface area contributed by atoms with Crippen molar-refractivity contribution in [2.75, 3.05) is 5.43 Å². The lowest BCUT2D eigenvalue weighted by Crippen LogP contribution is -2.25. The van der Waals surface area contributed by atoms with Crippen molar-refractivity contribution >= 4 is 40.6 Å². The van der Waals surface area contributed by atoms with Crippen LogP contribution in [0, 0.1) is 0 Å². The van der Waals surface area contributed by atoms with E-state index in [-0.39, 0.29) is 12.3 Å². The van der Waals surface area contributed by atoms with Gasteiger partial charge in [0.05, 0.1) is 17.0 Å². The van der Waals surface area contributed by atoms with Crippen molar-refractivity contribution in [3.63, 3.8) is 0 Å². The van der Waals surface area contributed by atoms with Gasteiger partial charge in [0, 0.05) is 5.56 Å². The molecule has 1 aliphatic heterocycles. The van der Waals surface area contributed by atoms with Crippen molar-refractivity contribution in [1.29, 1.82) is 0 Å². The summed E-state index contributed by atoms with van der Waals surface area (Å²) in [6.07, 6.45) is 1.73. The molecule has 0 unspecified atom stereocenters. The summed E-state index contributed by atoms with van der Waals surface area (Å²) in [7, 11) is 0. The molecule has 4 N–H and O–H groups in total. The van der Waals surface area contributed by atoms with Crippen molar-refractivity contribution in [3.05, 3.63) is 64.6 Å². The number of hydrogen-bond donors (Lipinski definition) is 4. The largest absolute Gasteiger partial charge is 0.481 e. The van der Waals surface area contributed by atoms with E-state index in [2.05, 4.69) is 36.5 Å². The number of H-pyrrole nitrogens is 1. The third-order valence-electron chi connectivity index (χ3n) is 4.07. The van der Waals surface area contributed by atoms with Crippen LogP contribution in [0.2, 0.25) is 0 Å². The van der Waals surface area contributed by atoms with Crippen LogP contribution in [0.3, 0.4) is 0 Å². The van der Waals surface area contributed by atoms with Gasteiger partial charge in [-0.3, -0.25) is 20.4 Å². The Balaban J connectivity index is 1.35. The molecule has 0 aliphatic carbocycles. The Kier molecular flexibility index (Phi) is 5.52. The van der Waals surface area contributed by atoms with Gasteiger partial charge in [-0.05, 0) is 51.5 Å². The molecule has 2 heterocycles. The summed E-state index contributed by atoms with van der Waals surface area (Å²) in [5, 5.41) is 22.9. The molecule has 0 spiro atoms. The number of aliphatic carboxylic acids is 1. The number of nitrogens with zero attached hydrogens (tertiary/aromatic N) is 4. The number of hydrogen-bond acceptors (Lipinski definition) is 8. The zero-order chi connectivity index (χ0) is 20.9. The molecule has 30 heavy (non-hydrogen) atoms. The summed E-state index contributed by atoms with van der Waals surface area (Å²) >= 11 is 1.22. The first-order chi connectivity index (χ1) is 14.6. The summed E-state index contributed by atoms with van der Waals surface area (Å²) < 4.78 is 0. The van der Waals surface area contributed by atoms with E-state index in [1.165, 1.54) is 11.8 Å². The molecule has 0 radical (unpaired) electrons. The normalized spacial score (nSPS) is 14.6. The number of amides is 1. The fourth-order valence-corrected chi connectivity index (χ4v) is 3.41. The van der Waals surface area contributed by atoms with Crippen LogP contribution in [-0.2, 0) is 16.0 Å². The lowest BCUT2D eigenvalue weighted by molar-refractivity contribution is -0.136. The van der Waals surface area contributed by atoms with E-state index in [0.717, 1.165) is 16.8 Å². The average molecular weight is 421 g/mol. The van der Waals surface area contributed by atoms with Crippen molar-refractivity contribution in [3.8, 4) is 11.4 Å². The molecule has 4 rings (SSSR count). The molecule has 0 fully saturated rings. The number of carboxylic acids is 1. The Morgan fingerprint density at radius 1 is 1.10 bits per heavy atom. The molecule has 2 aromatic carbocycles. The third-order valence-corrected chi connectivity index (χ3v) is 4.97. The lowest BCUT2D eigenvalue weighted by atomic mass is 10.1. The van der Waals surface area contributed by atoms with Crippen LogP contribution in [0.15, 0.2) is 58.4 Å². The number of aromatic amines is 1. The van der Waals surface area contributed by atoms with Crippen LogP contribution in [0.5, 0.6) is 0 Å². The van der Waals surface area contributed by atoms with Crippen LogP contribution in [0.25, 0.3) is 17.5 Å². The Morgan fingerprint density at radius 2 is 1.87 bits per heavy atom. The SMILES string of the molecule is O=C(O)Cc1ccc(NNC2=NC(=O)C(=Cc3ccc(-c4nnn[nH]4)cc3)S2)cc1. The molecule has 1 aromatic heterocycles. The molecule has 10 nitrogen and oxygen atoms in total. The molecule has 1 amide bonds. The lowest BCUT2D eigenvalue weighted by Gasteiger charge is -2.08. The van der Waals surface area contributed by atoms with Gasteiger partial charge < -0.3 is 5.11 Å². The molecular weight excluding hydrogens is 406 g/mol. The second kappa shape index (κ2) is 8.57. The fourth-order valence-electron chi connectivity index (χ4n) is 2.64. The second-order valence-electron chi connectivity index (χ2n) is 6.22. The van der Waals surface area contributed by atoms with Gasteiger partial charge in [0.15, 0.2) is 11.0 Å². The van der Waals surface area contributed by atoms with Crippen molar-refractivity contribution in [2.45, 2.75) is 6.42 Å². The third kappa shape index (κ3) is 4.70. The fraction of sp³-hybridized carbons (Fsp3) is 0.0526. The Hall–Kier alpha value is -3.99. The van der Waals surface area contributed by atoms with Crippen molar-refractivity contribution in [2.24, 2.45) is 4.99 Å². The molecule has 1 aliphatic rings. The number of carboxylic acid groups (broad SMARTS) is 1. The van der Waals surface area contributed by atoms with Gasteiger partial charge in [-0.15, -0.1) is 5.10 Å². The predicted octanol–water partition coefficient (Wildman–Crippen LogP) is 2.08. The number of aromatic nitrogens is 4. The van der Waals surface area contributed by atoms with Gasteiger partial charge >= 0.3 is 5.97 Å². The molecule has 3 aromatic rings. The van der Waals surface area contributed by atoms with Gasteiger partial charge in [-0.2, -0.15) is 4.99 Å². The summed E-state index contributed by atoms with van der Waals surface area (Å²) in [5.74, 6) is -0.643. The smallest absolute Gasteiger partial charge is 0.307 e. The number of benzene rings is 2. The van der Waals surface area contributed by atoms with E-state index < -0.39 is 5.97 Å². The van der Waals surface area contributed by atoms with Crippen LogP contribution in [-0.4, -0.2) is 42.8 Å². The number of carbonyl (C=O) groups is 2. The van der Waals surface area contributed by atoms with Gasteiger partial charge in [0.1, 0.15) is 0 Å². The number of thioether (sulfide) groups is 1. The van der Waals surface area contributed by atoms with E-state index >= 15 is 0 Å². The molecule has 0 atom stereocenters. The number of anilines is 1. The number of amidine groups is 1. The van der Waals surface area contributed by atoms with Crippen molar-refractivity contribution < 1.29 is 14.7 Å². The Bertz CT molecular complexity index is 1120. The second-order valence-corrected chi connectivity index (χ2v) is 7.25. The number of tetrazole rings is 1. The molecular formula is C19H15N7O3S. The quantitative estimate of drug-likeness (QED) is 0.347. The predicted molar refractivity (Wildman–Crippen MR) is 112 cm³/mol. The first-order valence-electron chi connectivity index (χ1n) is 8.76. The van der Waals surface area contributed by atoms with Crippen molar-refractivity contribution in [1.82, 2.24) is 26.0 Å². The van der Waals surface area contributed by atoms with E-state index in [4.69, 9.17) is 5.11 Å². The average Bonchev–Trinajstić information content (AvgIpc) is 3.38. The highest BCUT2D eigenvalue weighted by Gasteiger charge is 2.21. The zero-order valence-electron chi connectivity index (χ0n) is 15.4. The Morgan fingerprint density at radius 3 is 2.53 bits per heavy atom. The van der Waals surface area contributed by atoms with E-state index in [1.54, 1.807) is 30.3 Å². The number of nitrogens with one attached hydrogen (secondary N) is 3. The summed E-state index contributed by atoms with van der Waals surface area (Å²) in [5.41, 5.74) is 8.94. The maximum absolute atomic E-state index is 12.2. The van der Waals surface area contributed by atoms with E-state index in [9.17, 15) is 9.59 Å². The van der Waals surface area contributed by atoms with E-state index in [0.29, 0.717) is 21.5 Å². The van der Waals surface area contributed by atoms with Gasteiger partial charge in [-0.1, -0.05) is 36.4 Å². The number of hydrazine groups is 1. The highest BCUT2D eigenvalue weighted by Crippen LogP contribution is 2.28. The minimum absolute atomic E-state index is 0.0325. The molecule has 150 valence electrons. The monoisotopic (exact) mass is 421 g/mol. The van der Waals surface area contributed by atoms with Gasteiger partial charge in [-0.25, -0.2) is 5.10 Å². The van der Waals surface area contributed by atoms with Crippen LogP contribution >= 0.6 is 11.8 Å². The topological polar surface area (TPSA) is 145 Å². The Labute approximate surface area is 174 Å². The maximum atomic E-state index is 12.2. The minimum atomic E-state index is -0.881. The van der Waals surface area contributed by atoms with Gasteiger partial charge in [0.2, 0.25) is 0 Å². The van der Waals surface area contributed by atoms with Crippen LogP contribution in [0.1, 0.15) is 11.1 Å². The summed E-state index contributed by atoms with van der Waals surface area (Å²) in [6.45, 7) is 0. The minimum Gasteiger partial charge on any atom is -0.481 e. The highest BCUT2D eigenvalue weighted by atomic mass is 32.2. The number of aliphatic imine (C=N–C) groups is 1. The molecule has 0 bridgehead atoms. The number of rotatable bonds is 6. The van der Waals surface area contributed by atoms with Gasteiger partial charge in [0.25, 0.3) is 5.91 Å². The van der Waals surface area contributed by atoms with Crippen LogP contribution in [0.4, 0.5) is 5.69 Å².